The molecule has 0 radical (unpaired) electrons. The molecule has 6 heteroatoms. The van der Waals surface area contributed by atoms with Crippen molar-refractivity contribution in [3.63, 3.8) is 0 Å². The van der Waals surface area contributed by atoms with E-state index in [4.69, 9.17) is 0 Å². The molecular formula is C14H10BrN3OSe. The van der Waals surface area contributed by atoms with Crippen molar-refractivity contribution in [3.05, 3.63) is 52.0 Å². The van der Waals surface area contributed by atoms with E-state index in [0.29, 0.717) is 11.3 Å². The number of fused-ring (bicyclic) bond motifs is 1. The number of hydrogen-bond acceptors (Lipinski definition) is 3. The second kappa shape index (κ2) is 5.48. The van der Waals surface area contributed by atoms with Crippen LogP contribution in [-0.2, 0) is 0 Å². The van der Waals surface area contributed by atoms with E-state index >= 15 is 0 Å². The molecule has 0 unspecified atom stereocenters. The summed E-state index contributed by atoms with van der Waals surface area (Å²) in [6.07, 6.45) is 0. The van der Waals surface area contributed by atoms with Crippen LogP contribution in [0.2, 0.25) is 0 Å². The molecule has 0 aliphatic carbocycles. The maximum atomic E-state index is 12.4. The number of nitrogens with one attached hydrogen (secondary N) is 1. The molecule has 1 heterocycles. The summed E-state index contributed by atoms with van der Waals surface area (Å²) in [6.45, 7) is 1.96. The van der Waals surface area contributed by atoms with Gasteiger partial charge in [-0.1, -0.05) is 0 Å². The van der Waals surface area contributed by atoms with Crippen LogP contribution in [0.5, 0.6) is 0 Å². The van der Waals surface area contributed by atoms with Crippen LogP contribution in [0.4, 0.5) is 17.1 Å². The number of nitrogens with zero attached hydrogens (tertiary/aromatic N) is 2. The number of amides is 1. The van der Waals surface area contributed by atoms with Gasteiger partial charge in [-0.05, 0) is 0 Å². The van der Waals surface area contributed by atoms with Crippen LogP contribution in [0.1, 0.15) is 15.9 Å². The van der Waals surface area contributed by atoms with Crippen LogP contribution in [0, 0.1) is 6.92 Å². The molecule has 0 aromatic heterocycles. The Morgan fingerprint density at radius 2 is 2.00 bits per heavy atom. The van der Waals surface area contributed by atoms with Crippen LogP contribution >= 0.6 is 15.9 Å². The van der Waals surface area contributed by atoms with Gasteiger partial charge in [0.05, 0.1) is 0 Å². The number of carbonyl (C=O) groups excluding carboxylic acids is 1. The Kier molecular flexibility index (Phi) is 3.70. The van der Waals surface area contributed by atoms with Crippen molar-refractivity contribution in [3.8, 4) is 0 Å². The molecule has 1 N–H and O–H groups in total. The monoisotopic (exact) mass is 395 g/mol. The zero-order chi connectivity index (χ0) is 14.1. The van der Waals surface area contributed by atoms with Gasteiger partial charge in [-0.25, -0.2) is 0 Å². The molecule has 0 saturated carbocycles. The van der Waals surface area contributed by atoms with Gasteiger partial charge in [0.15, 0.2) is 0 Å². The summed E-state index contributed by atoms with van der Waals surface area (Å²) in [7, 11) is 0. The predicted molar refractivity (Wildman–Crippen MR) is 83.2 cm³/mol. The summed E-state index contributed by atoms with van der Waals surface area (Å²) in [4.78, 5) is 12.4. The van der Waals surface area contributed by atoms with Gasteiger partial charge in [0.1, 0.15) is 0 Å². The average molecular weight is 395 g/mol. The van der Waals surface area contributed by atoms with Crippen molar-refractivity contribution in [1.29, 1.82) is 0 Å². The van der Waals surface area contributed by atoms with Crippen LogP contribution in [-0.4, -0.2) is 20.5 Å². The van der Waals surface area contributed by atoms with Crippen LogP contribution in [0.25, 0.3) is 0 Å². The van der Waals surface area contributed by atoms with E-state index in [1.807, 2.05) is 37.3 Å². The Bertz CT molecular complexity index is 782. The third-order valence-electron chi connectivity index (χ3n) is 2.97. The van der Waals surface area contributed by atoms with Crippen molar-refractivity contribution in [2.24, 2.45) is 7.92 Å². The van der Waals surface area contributed by atoms with E-state index in [1.54, 1.807) is 6.07 Å². The molecule has 2 aromatic rings. The molecule has 0 bridgehead atoms. The molecule has 0 atom stereocenters. The quantitative estimate of drug-likeness (QED) is 0.645. The SMILES string of the molecule is Cc1cccc(C(=O)Nc2cccc3c2N=[Se]=N3)c1Br. The molecule has 1 aliphatic heterocycles. The molecule has 1 amide bonds. The van der Waals surface area contributed by atoms with Crippen molar-refractivity contribution >= 4 is 53.5 Å². The van der Waals surface area contributed by atoms with Gasteiger partial charge in [-0.3, -0.25) is 0 Å². The van der Waals surface area contributed by atoms with Gasteiger partial charge < -0.3 is 0 Å². The van der Waals surface area contributed by atoms with Gasteiger partial charge in [0.2, 0.25) is 0 Å². The third-order valence-corrected chi connectivity index (χ3v) is 5.16. The molecule has 4 nitrogen and oxygen atoms in total. The summed E-state index contributed by atoms with van der Waals surface area (Å²) >= 11 is 3.35. The Morgan fingerprint density at radius 1 is 1.20 bits per heavy atom. The second-order valence-electron chi connectivity index (χ2n) is 4.33. The van der Waals surface area contributed by atoms with Crippen molar-refractivity contribution < 1.29 is 4.79 Å². The number of carbonyl (C=O) groups is 1. The topological polar surface area (TPSA) is 53.8 Å². The van der Waals surface area contributed by atoms with Crippen molar-refractivity contribution in [2.75, 3.05) is 5.32 Å². The molecule has 0 saturated heterocycles. The molecule has 0 fully saturated rings. The van der Waals surface area contributed by atoms with Gasteiger partial charge in [-0.2, -0.15) is 0 Å². The zero-order valence-corrected chi connectivity index (χ0v) is 13.9. The van der Waals surface area contributed by atoms with Crippen LogP contribution in [0.3, 0.4) is 0 Å². The zero-order valence-electron chi connectivity index (χ0n) is 10.6. The number of rotatable bonds is 2. The summed E-state index contributed by atoms with van der Waals surface area (Å²) in [5.74, 6) is -0.149. The molecule has 100 valence electrons. The first-order chi connectivity index (χ1) is 9.66. The van der Waals surface area contributed by atoms with Gasteiger partial charge in [-0.15, -0.1) is 0 Å². The van der Waals surface area contributed by atoms with E-state index in [-0.39, 0.29) is 20.5 Å². The normalized spacial score (nSPS) is 11.9. The molecular weight excluding hydrogens is 385 g/mol. The number of anilines is 1. The molecule has 3 rings (SSSR count). The molecule has 1 aliphatic rings. The fraction of sp³-hybridized carbons (Fsp3) is 0.0714. The first-order valence-corrected chi connectivity index (χ1v) is 8.27. The standard InChI is InChI=1S/C14H10BrN3OSe/c1-8-4-2-5-9(12(8)15)14(19)16-10-6-3-7-11-13(10)18-20-17-11/h2-7H,1H3,(H,16,19). The van der Waals surface area contributed by atoms with Crippen molar-refractivity contribution in [2.45, 2.75) is 6.92 Å². The van der Waals surface area contributed by atoms with Crippen molar-refractivity contribution in [1.82, 2.24) is 0 Å². The number of benzene rings is 2. The van der Waals surface area contributed by atoms with E-state index < -0.39 is 0 Å². The first-order valence-electron chi connectivity index (χ1n) is 5.94. The van der Waals surface area contributed by atoms with Gasteiger partial charge >= 0.3 is 130 Å². The second-order valence-corrected chi connectivity index (χ2v) is 6.23. The Morgan fingerprint density at radius 3 is 2.85 bits per heavy atom. The Labute approximate surface area is 130 Å². The van der Waals surface area contributed by atoms with E-state index in [2.05, 4.69) is 29.2 Å². The fourth-order valence-electron chi connectivity index (χ4n) is 1.92. The molecule has 2 aromatic carbocycles. The summed E-state index contributed by atoms with van der Waals surface area (Å²) in [5.41, 5.74) is 3.99. The summed E-state index contributed by atoms with van der Waals surface area (Å²) in [5, 5.41) is 2.91. The molecule has 0 spiro atoms. The van der Waals surface area contributed by atoms with E-state index in [1.165, 1.54) is 0 Å². The molecule has 20 heavy (non-hydrogen) atoms. The number of hydrogen-bond donors (Lipinski definition) is 1. The van der Waals surface area contributed by atoms with E-state index in [9.17, 15) is 4.79 Å². The first kappa shape index (κ1) is 13.5. The van der Waals surface area contributed by atoms with Crippen LogP contribution in [0.15, 0.2) is 48.8 Å². The number of halogens is 1. The maximum absolute atomic E-state index is 12.4. The van der Waals surface area contributed by atoms with Crippen LogP contribution < -0.4 is 5.32 Å². The predicted octanol–water partition coefficient (Wildman–Crippen LogP) is 4.36. The Hall–Kier alpha value is -1.49. The minimum absolute atomic E-state index is 0.104. The summed E-state index contributed by atoms with van der Waals surface area (Å²) < 4.78 is 9.48. The Balaban J connectivity index is 1.93. The number of aryl methyl sites for hydroxylation is 1. The average Bonchev–Trinajstić information content (AvgIpc) is 2.91. The minimum atomic E-state index is -0.149. The third kappa shape index (κ3) is 2.42. The van der Waals surface area contributed by atoms with Gasteiger partial charge in [0, 0.05) is 0 Å². The fourth-order valence-corrected chi connectivity index (χ4v) is 3.52. The van der Waals surface area contributed by atoms with E-state index in [0.717, 1.165) is 21.4 Å². The summed E-state index contributed by atoms with van der Waals surface area (Å²) in [6, 6.07) is 11.2. The van der Waals surface area contributed by atoms with Gasteiger partial charge in [0.25, 0.3) is 0 Å².